The maximum atomic E-state index is 11.2. The van der Waals surface area contributed by atoms with Crippen LogP contribution in [0.15, 0.2) is 30.3 Å². The summed E-state index contributed by atoms with van der Waals surface area (Å²) in [5, 5.41) is 19.4. The third-order valence-electron chi connectivity index (χ3n) is 4.13. The molecule has 1 aromatic rings. The Morgan fingerprint density at radius 1 is 1.19 bits per heavy atom. The van der Waals surface area contributed by atoms with Crippen molar-refractivity contribution >= 4 is 5.97 Å². The number of piperazine rings is 1. The summed E-state index contributed by atoms with van der Waals surface area (Å²) in [6.07, 6.45) is 0.140. The van der Waals surface area contributed by atoms with E-state index in [1.54, 1.807) is 0 Å². The molecule has 0 saturated carbocycles. The molecule has 1 aromatic carbocycles. The van der Waals surface area contributed by atoms with Gasteiger partial charge in [0, 0.05) is 32.7 Å². The molecule has 2 atom stereocenters. The lowest BCUT2D eigenvalue weighted by Crippen LogP contribution is -2.53. The molecule has 1 saturated heterocycles. The number of aliphatic hydroxyl groups excluding tert-OH is 1. The van der Waals surface area contributed by atoms with Gasteiger partial charge in [0.1, 0.15) is 6.04 Å². The Bertz CT molecular complexity index is 444. The molecule has 1 fully saturated rings. The zero-order valence-corrected chi connectivity index (χ0v) is 12.5. The van der Waals surface area contributed by atoms with Crippen molar-refractivity contribution in [1.82, 2.24) is 9.80 Å². The van der Waals surface area contributed by atoms with Gasteiger partial charge in [-0.1, -0.05) is 37.3 Å². The van der Waals surface area contributed by atoms with Gasteiger partial charge in [0.25, 0.3) is 0 Å². The van der Waals surface area contributed by atoms with Crippen LogP contribution in [0.3, 0.4) is 0 Å². The van der Waals surface area contributed by atoms with Gasteiger partial charge in [0.2, 0.25) is 0 Å². The summed E-state index contributed by atoms with van der Waals surface area (Å²) in [5.41, 5.74) is 0.928. The maximum absolute atomic E-state index is 11.2. The molecule has 0 amide bonds. The van der Waals surface area contributed by atoms with Crippen LogP contribution in [0, 0.1) is 0 Å². The number of aliphatic carboxylic acids is 1. The highest BCUT2D eigenvalue weighted by molar-refractivity contribution is 5.73. The molecule has 1 aliphatic rings. The molecule has 2 N–H and O–H groups in total. The van der Waals surface area contributed by atoms with Gasteiger partial charge in [-0.3, -0.25) is 14.6 Å². The van der Waals surface area contributed by atoms with Crippen molar-refractivity contribution in [3.05, 3.63) is 35.9 Å². The molecule has 1 heterocycles. The van der Waals surface area contributed by atoms with E-state index in [2.05, 4.69) is 4.90 Å². The molecule has 2 rings (SSSR count). The second kappa shape index (κ2) is 7.54. The van der Waals surface area contributed by atoms with Crippen molar-refractivity contribution in [3.63, 3.8) is 0 Å². The zero-order chi connectivity index (χ0) is 15.2. The van der Waals surface area contributed by atoms with Gasteiger partial charge in [-0.2, -0.15) is 0 Å². The van der Waals surface area contributed by atoms with Crippen LogP contribution in [0.4, 0.5) is 0 Å². The number of carbonyl (C=O) groups is 1. The molecule has 21 heavy (non-hydrogen) atoms. The van der Waals surface area contributed by atoms with Crippen LogP contribution in [-0.4, -0.2) is 64.7 Å². The summed E-state index contributed by atoms with van der Waals surface area (Å²) in [6, 6.07) is 9.26. The summed E-state index contributed by atoms with van der Waals surface area (Å²) in [4.78, 5) is 15.4. The predicted molar refractivity (Wildman–Crippen MR) is 81.1 cm³/mol. The molecule has 5 heteroatoms. The Morgan fingerprint density at radius 2 is 1.81 bits per heavy atom. The van der Waals surface area contributed by atoms with E-state index in [1.807, 2.05) is 42.2 Å². The van der Waals surface area contributed by atoms with Crippen molar-refractivity contribution in [1.29, 1.82) is 0 Å². The number of hydrogen-bond acceptors (Lipinski definition) is 4. The molecule has 0 aliphatic carbocycles. The summed E-state index contributed by atoms with van der Waals surface area (Å²) in [7, 11) is 0. The Hall–Kier alpha value is -1.43. The maximum Gasteiger partial charge on any atom is 0.320 e. The molecule has 0 bridgehead atoms. The van der Waals surface area contributed by atoms with Gasteiger partial charge in [0.15, 0.2) is 0 Å². The number of aliphatic hydroxyl groups is 1. The van der Waals surface area contributed by atoms with E-state index in [4.69, 9.17) is 0 Å². The Balaban J connectivity index is 1.83. The Morgan fingerprint density at radius 3 is 2.33 bits per heavy atom. The van der Waals surface area contributed by atoms with Crippen molar-refractivity contribution in [2.45, 2.75) is 25.5 Å². The molecule has 5 nitrogen and oxygen atoms in total. The summed E-state index contributed by atoms with van der Waals surface area (Å²) in [6.45, 7) is 5.59. The molecule has 0 radical (unpaired) electrons. The first-order valence-electron chi connectivity index (χ1n) is 7.54. The number of β-amino-alcohol motifs (C(OH)–C–C–N with tert-alkyl or cyclic N) is 1. The van der Waals surface area contributed by atoms with Gasteiger partial charge in [-0.25, -0.2) is 0 Å². The number of carboxylic acids is 1. The first-order valence-corrected chi connectivity index (χ1v) is 7.54. The van der Waals surface area contributed by atoms with E-state index < -0.39 is 12.1 Å². The first kappa shape index (κ1) is 15.9. The Labute approximate surface area is 125 Å². The van der Waals surface area contributed by atoms with E-state index in [-0.39, 0.29) is 6.04 Å². The van der Waals surface area contributed by atoms with Crippen molar-refractivity contribution in [2.75, 3.05) is 32.7 Å². The fourth-order valence-corrected chi connectivity index (χ4v) is 2.87. The largest absolute Gasteiger partial charge is 0.480 e. The van der Waals surface area contributed by atoms with Gasteiger partial charge < -0.3 is 10.2 Å². The lowest BCUT2D eigenvalue weighted by Gasteiger charge is -2.38. The standard InChI is InChI=1S/C16H24N2O3/c1-2-14(16(20)21)18-10-8-17(9-11-18)12-15(19)13-6-4-3-5-7-13/h3-7,14-15,19H,2,8-12H2,1H3,(H,20,21)/t14-,15-/m0/s1. The van der Waals surface area contributed by atoms with Crippen LogP contribution in [0.5, 0.6) is 0 Å². The summed E-state index contributed by atoms with van der Waals surface area (Å²) < 4.78 is 0. The minimum atomic E-state index is -0.740. The molecule has 0 aromatic heterocycles. The molecular formula is C16H24N2O3. The Kier molecular flexibility index (Phi) is 5.73. The van der Waals surface area contributed by atoms with Gasteiger partial charge >= 0.3 is 5.97 Å². The smallest absolute Gasteiger partial charge is 0.320 e. The third kappa shape index (κ3) is 4.27. The molecule has 0 unspecified atom stereocenters. The highest BCUT2D eigenvalue weighted by Crippen LogP contribution is 2.16. The minimum Gasteiger partial charge on any atom is -0.480 e. The monoisotopic (exact) mass is 292 g/mol. The fraction of sp³-hybridized carbons (Fsp3) is 0.562. The second-order valence-electron chi connectivity index (χ2n) is 5.53. The van der Waals surface area contributed by atoms with Crippen LogP contribution in [0.1, 0.15) is 25.0 Å². The van der Waals surface area contributed by atoms with E-state index in [1.165, 1.54) is 0 Å². The van der Waals surface area contributed by atoms with E-state index in [0.717, 1.165) is 31.7 Å². The highest BCUT2D eigenvalue weighted by Gasteiger charge is 2.27. The number of carboxylic acid groups (broad SMARTS) is 1. The molecule has 1 aliphatic heterocycles. The van der Waals surface area contributed by atoms with Crippen molar-refractivity contribution < 1.29 is 15.0 Å². The third-order valence-corrected chi connectivity index (χ3v) is 4.13. The van der Waals surface area contributed by atoms with Gasteiger partial charge in [-0.15, -0.1) is 0 Å². The predicted octanol–water partition coefficient (Wildman–Crippen LogP) is 1.20. The molecule has 116 valence electrons. The van der Waals surface area contributed by atoms with Crippen LogP contribution < -0.4 is 0 Å². The van der Waals surface area contributed by atoms with Gasteiger partial charge in [-0.05, 0) is 12.0 Å². The second-order valence-corrected chi connectivity index (χ2v) is 5.53. The minimum absolute atomic E-state index is 0.383. The lowest BCUT2D eigenvalue weighted by atomic mass is 10.1. The summed E-state index contributed by atoms with van der Waals surface area (Å²) >= 11 is 0. The number of nitrogens with zero attached hydrogens (tertiary/aromatic N) is 2. The number of rotatable bonds is 6. The van der Waals surface area contributed by atoms with Crippen LogP contribution in [-0.2, 0) is 4.79 Å². The fourth-order valence-electron chi connectivity index (χ4n) is 2.87. The topological polar surface area (TPSA) is 64.0 Å². The van der Waals surface area contributed by atoms with Crippen molar-refractivity contribution in [2.24, 2.45) is 0 Å². The highest BCUT2D eigenvalue weighted by atomic mass is 16.4. The molecule has 0 spiro atoms. The quantitative estimate of drug-likeness (QED) is 0.825. The number of benzene rings is 1. The average Bonchev–Trinajstić information content (AvgIpc) is 2.50. The van der Waals surface area contributed by atoms with E-state index in [0.29, 0.717) is 13.0 Å². The van der Waals surface area contributed by atoms with Crippen LogP contribution >= 0.6 is 0 Å². The van der Waals surface area contributed by atoms with Crippen molar-refractivity contribution in [3.8, 4) is 0 Å². The normalized spacial score (nSPS) is 20.1. The average molecular weight is 292 g/mol. The zero-order valence-electron chi connectivity index (χ0n) is 12.5. The van der Waals surface area contributed by atoms with Gasteiger partial charge in [0.05, 0.1) is 6.10 Å². The first-order chi connectivity index (χ1) is 10.1. The summed E-state index contributed by atoms with van der Waals surface area (Å²) in [5.74, 6) is -0.740. The molecular weight excluding hydrogens is 268 g/mol. The van der Waals surface area contributed by atoms with Crippen LogP contribution in [0.2, 0.25) is 0 Å². The SMILES string of the molecule is CC[C@@H](C(=O)O)N1CCN(C[C@H](O)c2ccccc2)CC1. The van der Waals surface area contributed by atoms with Crippen LogP contribution in [0.25, 0.3) is 0 Å². The van der Waals surface area contributed by atoms with E-state index >= 15 is 0 Å². The number of hydrogen-bond donors (Lipinski definition) is 2. The van der Waals surface area contributed by atoms with E-state index in [9.17, 15) is 15.0 Å². The lowest BCUT2D eigenvalue weighted by molar-refractivity contribution is -0.144.